The lowest BCUT2D eigenvalue weighted by molar-refractivity contribution is -0.136. The molecular formula is C8H7NO2S. The largest absolute Gasteiger partial charge is 0.481 e. The molecule has 0 saturated heterocycles. The fourth-order valence-corrected chi connectivity index (χ4v) is 1.68. The molecule has 12 heavy (non-hydrogen) atoms. The van der Waals surface area contributed by atoms with E-state index < -0.39 is 5.97 Å². The highest BCUT2D eigenvalue weighted by molar-refractivity contribution is 7.11. The van der Waals surface area contributed by atoms with E-state index in [-0.39, 0.29) is 6.42 Å². The van der Waals surface area contributed by atoms with Crippen LogP contribution < -0.4 is 0 Å². The van der Waals surface area contributed by atoms with E-state index in [9.17, 15) is 4.79 Å². The second-order valence-corrected chi connectivity index (χ2v) is 3.51. The van der Waals surface area contributed by atoms with Gasteiger partial charge >= 0.3 is 5.97 Å². The van der Waals surface area contributed by atoms with Gasteiger partial charge in [0.1, 0.15) is 10.7 Å². The number of aromatic nitrogens is 1. The Bertz CT molecular complexity index is 348. The molecule has 0 spiro atoms. The van der Waals surface area contributed by atoms with Crippen molar-refractivity contribution in [2.75, 3.05) is 0 Å². The number of carboxylic acid groups (broad SMARTS) is 1. The minimum atomic E-state index is -0.882. The molecule has 0 aliphatic heterocycles. The number of carboxylic acids is 1. The van der Waals surface area contributed by atoms with Crippen LogP contribution in [0.25, 0.3) is 0 Å². The Balaban J connectivity index is 2.91. The summed E-state index contributed by atoms with van der Waals surface area (Å²) < 4.78 is 0. The zero-order valence-corrected chi connectivity index (χ0v) is 7.31. The van der Waals surface area contributed by atoms with Gasteiger partial charge in [0.15, 0.2) is 0 Å². The van der Waals surface area contributed by atoms with Crippen LogP contribution in [-0.4, -0.2) is 16.1 Å². The summed E-state index contributed by atoms with van der Waals surface area (Å²) in [6, 6.07) is 0. The number of aliphatic carboxylic acids is 1. The third-order valence-corrected chi connectivity index (χ3v) is 2.25. The van der Waals surface area contributed by atoms with Crippen molar-refractivity contribution in [3.8, 4) is 12.3 Å². The molecule has 0 aliphatic rings. The van der Waals surface area contributed by atoms with E-state index in [1.165, 1.54) is 11.3 Å². The summed E-state index contributed by atoms with van der Waals surface area (Å²) in [5, 5.41) is 9.02. The third kappa shape index (κ3) is 1.83. The van der Waals surface area contributed by atoms with Gasteiger partial charge < -0.3 is 5.11 Å². The van der Waals surface area contributed by atoms with Crippen LogP contribution in [0.1, 0.15) is 15.6 Å². The van der Waals surface area contributed by atoms with Crippen molar-refractivity contribution in [3.63, 3.8) is 0 Å². The van der Waals surface area contributed by atoms with Gasteiger partial charge in [0.05, 0.1) is 6.42 Å². The van der Waals surface area contributed by atoms with E-state index >= 15 is 0 Å². The number of hydrogen-bond acceptors (Lipinski definition) is 3. The summed E-state index contributed by atoms with van der Waals surface area (Å²) in [5.41, 5.74) is 0.552. The Morgan fingerprint density at radius 3 is 2.92 bits per heavy atom. The van der Waals surface area contributed by atoms with Gasteiger partial charge in [-0.1, -0.05) is 0 Å². The highest BCUT2D eigenvalue weighted by Crippen LogP contribution is 2.16. The Hall–Kier alpha value is -1.34. The predicted molar refractivity (Wildman–Crippen MR) is 46.1 cm³/mol. The van der Waals surface area contributed by atoms with E-state index in [1.807, 2.05) is 6.92 Å². The molecule has 0 fully saturated rings. The molecule has 0 aliphatic carbocycles. The topological polar surface area (TPSA) is 50.2 Å². The minimum Gasteiger partial charge on any atom is -0.481 e. The number of carbonyl (C=O) groups is 1. The van der Waals surface area contributed by atoms with Crippen molar-refractivity contribution in [1.29, 1.82) is 0 Å². The Labute approximate surface area is 74.1 Å². The van der Waals surface area contributed by atoms with Crippen LogP contribution in [0.2, 0.25) is 0 Å². The zero-order chi connectivity index (χ0) is 9.14. The second-order valence-electron chi connectivity index (χ2n) is 2.23. The van der Waals surface area contributed by atoms with E-state index in [1.54, 1.807) is 0 Å². The fourth-order valence-electron chi connectivity index (χ4n) is 0.790. The Morgan fingerprint density at radius 2 is 2.50 bits per heavy atom. The Morgan fingerprint density at radius 1 is 1.83 bits per heavy atom. The first-order chi connectivity index (χ1) is 5.63. The van der Waals surface area contributed by atoms with Gasteiger partial charge in [0, 0.05) is 4.88 Å². The normalized spacial score (nSPS) is 9.33. The van der Waals surface area contributed by atoms with Crippen LogP contribution in [0.3, 0.4) is 0 Å². The molecule has 1 aromatic rings. The van der Waals surface area contributed by atoms with Gasteiger partial charge in [-0.05, 0) is 12.8 Å². The monoisotopic (exact) mass is 181 g/mol. The SMILES string of the molecule is C#Cc1nc(CC(=O)O)sc1C. The van der Waals surface area contributed by atoms with Gasteiger partial charge in [-0.25, -0.2) is 4.98 Å². The first-order valence-corrected chi connectivity index (χ1v) is 4.10. The van der Waals surface area contributed by atoms with Crippen molar-refractivity contribution in [1.82, 2.24) is 4.98 Å². The summed E-state index contributed by atoms with van der Waals surface area (Å²) in [7, 11) is 0. The van der Waals surface area contributed by atoms with Gasteiger partial charge in [-0.15, -0.1) is 17.8 Å². The highest BCUT2D eigenvalue weighted by Gasteiger charge is 2.08. The van der Waals surface area contributed by atoms with Crippen LogP contribution in [0, 0.1) is 19.3 Å². The van der Waals surface area contributed by atoms with Crippen LogP contribution in [0.15, 0.2) is 0 Å². The van der Waals surface area contributed by atoms with E-state index in [4.69, 9.17) is 11.5 Å². The lowest BCUT2D eigenvalue weighted by Gasteiger charge is -1.84. The molecule has 0 amide bonds. The molecule has 1 rings (SSSR count). The molecule has 1 N–H and O–H groups in total. The van der Waals surface area contributed by atoms with Gasteiger partial charge in [0.2, 0.25) is 0 Å². The number of aryl methyl sites for hydroxylation is 1. The smallest absolute Gasteiger partial charge is 0.310 e. The lowest BCUT2D eigenvalue weighted by atomic mass is 10.4. The molecule has 4 heteroatoms. The van der Waals surface area contributed by atoms with Crippen molar-refractivity contribution in [2.24, 2.45) is 0 Å². The molecule has 1 heterocycles. The van der Waals surface area contributed by atoms with Crippen LogP contribution in [0.4, 0.5) is 0 Å². The molecule has 0 radical (unpaired) electrons. The van der Waals surface area contributed by atoms with Crippen molar-refractivity contribution in [3.05, 3.63) is 15.6 Å². The standard InChI is InChI=1S/C8H7NO2S/c1-3-6-5(2)12-7(9-6)4-8(10)11/h1H,4H2,2H3,(H,10,11). The number of terminal acetylenes is 1. The third-order valence-electron chi connectivity index (χ3n) is 1.28. The van der Waals surface area contributed by atoms with E-state index in [2.05, 4.69) is 10.9 Å². The second kappa shape index (κ2) is 3.37. The van der Waals surface area contributed by atoms with Crippen LogP contribution >= 0.6 is 11.3 Å². The molecule has 1 aromatic heterocycles. The summed E-state index contributed by atoms with van der Waals surface area (Å²) in [6.07, 6.45) is 5.09. The van der Waals surface area contributed by atoms with Crippen LogP contribution in [0.5, 0.6) is 0 Å². The maximum atomic E-state index is 10.3. The zero-order valence-electron chi connectivity index (χ0n) is 6.50. The number of hydrogen-bond donors (Lipinski definition) is 1. The van der Waals surface area contributed by atoms with Crippen molar-refractivity contribution in [2.45, 2.75) is 13.3 Å². The van der Waals surface area contributed by atoms with Gasteiger partial charge in [-0.2, -0.15) is 0 Å². The Kier molecular flexibility index (Phi) is 2.46. The summed E-state index contributed by atoms with van der Waals surface area (Å²) >= 11 is 1.33. The number of nitrogens with zero attached hydrogens (tertiary/aromatic N) is 1. The molecule has 3 nitrogen and oxygen atoms in total. The first kappa shape index (κ1) is 8.75. The van der Waals surface area contributed by atoms with Gasteiger partial charge in [-0.3, -0.25) is 4.79 Å². The summed E-state index contributed by atoms with van der Waals surface area (Å²) in [4.78, 5) is 15.2. The molecule has 0 unspecified atom stereocenters. The molecule has 0 bridgehead atoms. The van der Waals surface area contributed by atoms with Gasteiger partial charge in [0.25, 0.3) is 0 Å². The predicted octanol–water partition coefficient (Wildman–Crippen LogP) is 1.06. The maximum Gasteiger partial charge on any atom is 0.310 e. The quantitative estimate of drug-likeness (QED) is 0.694. The van der Waals surface area contributed by atoms with Crippen molar-refractivity contribution >= 4 is 17.3 Å². The highest BCUT2D eigenvalue weighted by atomic mass is 32.1. The molecule has 0 saturated carbocycles. The first-order valence-electron chi connectivity index (χ1n) is 3.28. The minimum absolute atomic E-state index is 0.0484. The fraction of sp³-hybridized carbons (Fsp3) is 0.250. The maximum absolute atomic E-state index is 10.3. The number of rotatable bonds is 2. The molecular weight excluding hydrogens is 174 g/mol. The molecule has 0 atom stereocenters. The lowest BCUT2D eigenvalue weighted by Crippen LogP contribution is -1.99. The average molecular weight is 181 g/mol. The van der Waals surface area contributed by atoms with Crippen molar-refractivity contribution < 1.29 is 9.90 Å². The average Bonchev–Trinajstić information content (AvgIpc) is 2.29. The van der Waals surface area contributed by atoms with E-state index in [0.717, 1.165) is 4.88 Å². The van der Waals surface area contributed by atoms with E-state index in [0.29, 0.717) is 10.7 Å². The summed E-state index contributed by atoms with van der Waals surface area (Å²) in [6.45, 7) is 1.83. The number of thiazole rings is 1. The molecule has 0 aromatic carbocycles. The molecule has 62 valence electrons. The summed E-state index contributed by atoms with van der Waals surface area (Å²) in [5.74, 6) is 1.51. The van der Waals surface area contributed by atoms with Crippen LogP contribution in [-0.2, 0) is 11.2 Å².